The molecule has 0 bridgehead atoms. The zero-order valence-corrected chi connectivity index (χ0v) is 17.4. The van der Waals surface area contributed by atoms with Crippen LogP contribution in [-0.4, -0.2) is 47.9 Å². The number of nitrogens with one attached hydrogen (secondary N) is 1. The Bertz CT molecular complexity index is 1110. The number of carbonyl (C=O) groups is 2. The van der Waals surface area contributed by atoms with E-state index >= 15 is 0 Å². The molecule has 1 aliphatic rings. The molecule has 10 heteroatoms. The topological polar surface area (TPSA) is 113 Å². The van der Waals surface area contributed by atoms with Crippen LogP contribution in [0.25, 0.3) is 5.69 Å². The van der Waals surface area contributed by atoms with Gasteiger partial charge in [-0.05, 0) is 67.6 Å². The number of nitrogens with zero attached hydrogens (tertiary/aromatic N) is 5. The number of para-hydroxylation sites is 2. The third-order valence-corrected chi connectivity index (χ3v) is 5.91. The molecule has 1 unspecified atom stereocenters. The van der Waals surface area contributed by atoms with Crippen LogP contribution in [0.15, 0.2) is 53.7 Å². The summed E-state index contributed by atoms with van der Waals surface area (Å²) in [4.78, 5) is 27.6. The van der Waals surface area contributed by atoms with Gasteiger partial charge in [0.1, 0.15) is 11.3 Å². The van der Waals surface area contributed by atoms with Crippen molar-refractivity contribution in [2.45, 2.75) is 36.7 Å². The molecule has 2 N–H and O–H groups in total. The van der Waals surface area contributed by atoms with Crippen molar-refractivity contribution >= 4 is 35.0 Å². The molecule has 1 aromatic heterocycles. The summed E-state index contributed by atoms with van der Waals surface area (Å²) < 4.78 is 1.50. The Labute approximate surface area is 177 Å². The number of anilines is 2. The van der Waals surface area contributed by atoms with Crippen molar-refractivity contribution in [1.29, 1.82) is 0 Å². The Balaban J connectivity index is 1.63. The van der Waals surface area contributed by atoms with Gasteiger partial charge in [-0.3, -0.25) is 14.5 Å². The molecule has 9 nitrogen and oxygen atoms in total. The van der Waals surface area contributed by atoms with Gasteiger partial charge in [-0.2, -0.15) is 4.68 Å². The molecule has 4 rings (SSSR count). The van der Waals surface area contributed by atoms with Gasteiger partial charge in [0.2, 0.25) is 17.0 Å². The maximum Gasteiger partial charge on any atom is 0.250 e. The van der Waals surface area contributed by atoms with E-state index in [1.54, 1.807) is 39.0 Å². The highest BCUT2D eigenvalue weighted by Crippen LogP contribution is 2.38. The summed E-state index contributed by atoms with van der Waals surface area (Å²) in [6.45, 7) is 5.19. The highest BCUT2D eigenvalue weighted by atomic mass is 32.2. The minimum Gasteiger partial charge on any atom is -0.508 e. The Morgan fingerprint density at radius 1 is 1.17 bits per heavy atom. The number of thioether (sulfide) groups is 1. The van der Waals surface area contributed by atoms with Crippen molar-refractivity contribution in [3.05, 3.63) is 48.5 Å². The number of aromatic hydroxyl groups is 1. The SMILES string of the molecule is CC(Sc1nnnn1-c1ccc(O)cc1)C(=O)N1c2ccccc2NC(=O)C1(C)C. The lowest BCUT2D eigenvalue weighted by Gasteiger charge is -2.42. The number of aromatic nitrogens is 4. The molecule has 30 heavy (non-hydrogen) atoms. The Morgan fingerprint density at radius 2 is 1.87 bits per heavy atom. The van der Waals surface area contributed by atoms with Crippen LogP contribution in [0.5, 0.6) is 5.75 Å². The average molecular weight is 424 g/mol. The van der Waals surface area contributed by atoms with Crippen LogP contribution in [0.2, 0.25) is 0 Å². The second-order valence-corrected chi connectivity index (χ2v) is 8.66. The van der Waals surface area contributed by atoms with Crippen LogP contribution in [0, 0.1) is 0 Å². The summed E-state index contributed by atoms with van der Waals surface area (Å²) in [5.41, 5.74) is 0.852. The van der Waals surface area contributed by atoms with Crippen LogP contribution in [0.3, 0.4) is 0 Å². The first-order chi connectivity index (χ1) is 14.3. The van der Waals surface area contributed by atoms with Crippen molar-refractivity contribution < 1.29 is 14.7 Å². The van der Waals surface area contributed by atoms with Gasteiger partial charge >= 0.3 is 0 Å². The van der Waals surface area contributed by atoms with E-state index in [-0.39, 0.29) is 17.6 Å². The highest BCUT2D eigenvalue weighted by Gasteiger charge is 2.45. The van der Waals surface area contributed by atoms with E-state index in [1.807, 2.05) is 18.2 Å². The van der Waals surface area contributed by atoms with E-state index in [9.17, 15) is 14.7 Å². The molecule has 0 fully saturated rings. The van der Waals surface area contributed by atoms with Gasteiger partial charge < -0.3 is 10.4 Å². The Kier molecular flexibility index (Phi) is 4.94. The number of hydrogen-bond acceptors (Lipinski definition) is 7. The fraction of sp³-hybridized carbons (Fsp3) is 0.250. The van der Waals surface area contributed by atoms with E-state index in [2.05, 4.69) is 20.8 Å². The zero-order chi connectivity index (χ0) is 21.5. The molecule has 2 amide bonds. The van der Waals surface area contributed by atoms with Crippen molar-refractivity contribution in [2.24, 2.45) is 0 Å². The number of fused-ring (bicyclic) bond motifs is 1. The van der Waals surface area contributed by atoms with Gasteiger partial charge in [0, 0.05) is 0 Å². The summed E-state index contributed by atoms with van der Waals surface area (Å²) >= 11 is 1.20. The summed E-state index contributed by atoms with van der Waals surface area (Å²) in [5, 5.41) is 23.9. The van der Waals surface area contributed by atoms with Gasteiger partial charge in [-0.15, -0.1) is 5.10 Å². The minimum atomic E-state index is -1.05. The highest BCUT2D eigenvalue weighted by molar-refractivity contribution is 8.00. The number of phenolic OH excluding ortho intramolecular Hbond substituents is 1. The van der Waals surface area contributed by atoms with E-state index in [0.29, 0.717) is 22.2 Å². The lowest BCUT2D eigenvalue weighted by Crippen LogP contribution is -2.60. The number of carbonyl (C=O) groups excluding carboxylic acids is 2. The van der Waals surface area contributed by atoms with Crippen LogP contribution in [0.1, 0.15) is 20.8 Å². The average Bonchev–Trinajstić information content (AvgIpc) is 3.17. The first-order valence-corrected chi connectivity index (χ1v) is 10.2. The third-order valence-electron chi connectivity index (χ3n) is 4.89. The largest absolute Gasteiger partial charge is 0.508 e. The Hall–Kier alpha value is -3.40. The van der Waals surface area contributed by atoms with Crippen LogP contribution < -0.4 is 10.2 Å². The van der Waals surface area contributed by atoms with E-state index in [0.717, 1.165) is 0 Å². The van der Waals surface area contributed by atoms with Crippen molar-refractivity contribution in [1.82, 2.24) is 20.2 Å². The molecule has 154 valence electrons. The molecular formula is C20H20N6O3S. The molecular weight excluding hydrogens is 404 g/mol. The maximum atomic E-state index is 13.5. The fourth-order valence-electron chi connectivity index (χ4n) is 3.25. The predicted octanol–water partition coefficient (Wildman–Crippen LogP) is 2.61. The molecule has 0 spiro atoms. The van der Waals surface area contributed by atoms with Crippen LogP contribution in [0.4, 0.5) is 11.4 Å². The van der Waals surface area contributed by atoms with Crippen molar-refractivity contribution in [3.63, 3.8) is 0 Å². The zero-order valence-electron chi connectivity index (χ0n) is 16.6. The van der Waals surface area contributed by atoms with E-state index < -0.39 is 10.8 Å². The van der Waals surface area contributed by atoms with Crippen LogP contribution in [-0.2, 0) is 9.59 Å². The molecule has 0 aliphatic carbocycles. The summed E-state index contributed by atoms with van der Waals surface area (Å²) in [6.07, 6.45) is 0. The van der Waals surface area contributed by atoms with Gasteiger partial charge in [0.05, 0.1) is 22.3 Å². The lowest BCUT2D eigenvalue weighted by atomic mass is 9.96. The van der Waals surface area contributed by atoms with Crippen molar-refractivity contribution in [3.8, 4) is 11.4 Å². The Morgan fingerprint density at radius 3 is 2.60 bits per heavy atom. The van der Waals surface area contributed by atoms with Gasteiger partial charge in [-0.25, -0.2) is 0 Å². The molecule has 0 saturated heterocycles. The number of tetrazole rings is 1. The first kappa shape index (κ1) is 19.9. The standard InChI is InChI=1S/C20H20N6O3S/c1-12(30-19-22-23-24-26(19)13-8-10-14(27)11-9-13)17(28)25-16-7-5-4-6-15(16)21-18(29)20(25,2)3/h4-12,27H,1-3H3,(H,21,29). The number of amides is 2. The smallest absolute Gasteiger partial charge is 0.250 e. The molecule has 2 aromatic carbocycles. The number of rotatable bonds is 4. The number of phenols is 1. The second kappa shape index (κ2) is 7.45. The molecule has 0 saturated carbocycles. The molecule has 1 aliphatic heterocycles. The molecule has 0 radical (unpaired) electrons. The monoisotopic (exact) mass is 424 g/mol. The van der Waals surface area contributed by atoms with Gasteiger partial charge in [0.15, 0.2) is 0 Å². The molecule has 3 aromatic rings. The maximum absolute atomic E-state index is 13.5. The normalized spacial score (nSPS) is 16.0. The predicted molar refractivity (Wildman–Crippen MR) is 113 cm³/mol. The minimum absolute atomic E-state index is 0.133. The second-order valence-electron chi connectivity index (χ2n) is 7.35. The molecule has 1 atom stereocenters. The fourth-order valence-corrected chi connectivity index (χ4v) is 4.09. The molecule has 2 heterocycles. The lowest BCUT2D eigenvalue weighted by molar-refractivity contribution is -0.126. The quantitative estimate of drug-likeness (QED) is 0.619. The van der Waals surface area contributed by atoms with E-state index in [1.165, 1.54) is 33.5 Å². The first-order valence-electron chi connectivity index (χ1n) is 9.28. The van der Waals surface area contributed by atoms with Gasteiger partial charge in [-0.1, -0.05) is 23.9 Å². The van der Waals surface area contributed by atoms with Crippen molar-refractivity contribution in [2.75, 3.05) is 10.2 Å². The van der Waals surface area contributed by atoms with Crippen LogP contribution >= 0.6 is 11.8 Å². The third kappa shape index (κ3) is 3.39. The summed E-state index contributed by atoms with van der Waals surface area (Å²) in [7, 11) is 0. The summed E-state index contributed by atoms with van der Waals surface area (Å²) in [6, 6.07) is 13.6. The number of benzene rings is 2. The van der Waals surface area contributed by atoms with E-state index in [4.69, 9.17) is 0 Å². The van der Waals surface area contributed by atoms with Gasteiger partial charge in [0.25, 0.3) is 0 Å². The summed E-state index contributed by atoms with van der Waals surface area (Å²) in [5.74, 6) is -0.345. The number of hydrogen-bond donors (Lipinski definition) is 2.